The quantitative estimate of drug-likeness (QED) is 0.410. The van der Waals surface area contributed by atoms with Crippen LogP contribution in [0.3, 0.4) is 0 Å². The van der Waals surface area contributed by atoms with Gasteiger partial charge in [-0.1, -0.05) is 35.3 Å². The Hall–Kier alpha value is -2.96. The van der Waals surface area contributed by atoms with E-state index in [9.17, 15) is 9.59 Å². The zero-order valence-corrected chi connectivity index (χ0v) is 14.8. The monoisotopic (exact) mass is 386 g/mol. The van der Waals surface area contributed by atoms with Crippen molar-refractivity contribution in [2.75, 3.05) is 0 Å². The maximum absolute atomic E-state index is 11.9. The first-order chi connectivity index (χ1) is 12.5. The summed E-state index contributed by atoms with van der Waals surface area (Å²) in [6, 6.07) is 12.0. The predicted octanol–water partition coefficient (Wildman–Crippen LogP) is 3.41. The maximum atomic E-state index is 11.9. The van der Waals surface area contributed by atoms with E-state index in [2.05, 4.69) is 20.8 Å². The number of fused-ring (bicyclic) bond motifs is 1. The number of amides is 2. The molecular weight excluding hydrogens is 375 g/mol. The van der Waals surface area contributed by atoms with E-state index in [1.54, 1.807) is 18.2 Å². The van der Waals surface area contributed by atoms with Gasteiger partial charge in [0.1, 0.15) is 5.15 Å². The van der Waals surface area contributed by atoms with Crippen LogP contribution in [0, 0.1) is 0 Å². The standard InChI is InChI=1S/C18H12Cl2N4O2/c19-13-4-1-11-2-5-14(22-15(11)9-13)6-8-17(25)23-24-18(26)12-3-7-16(20)21-10-12/h1-10H,(H,23,25)(H,24,26)/b8-6+. The number of hydrogen-bond donors (Lipinski definition) is 2. The van der Waals surface area contributed by atoms with Crippen LogP contribution in [0.4, 0.5) is 0 Å². The van der Waals surface area contributed by atoms with E-state index in [4.69, 9.17) is 23.2 Å². The Morgan fingerprint density at radius 3 is 2.58 bits per heavy atom. The van der Waals surface area contributed by atoms with Gasteiger partial charge in [-0.25, -0.2) is 9.97 Å². The zero-order chi connectivity index (χ0) is 18.5. The van der Waals surface area contributed by atoms with Gasteiger partial charge in [0.05, 0.1) is 16.8 Å². The zero-order valence-electron chi connectivity index (χ0n) is 13.2. The number of carbonyl (C=O) groups is 2. The summed E-state index contributed by atoms with van der Waals surface area (Å²) in [5.41, 5.74) is 6.14. The molecule has 0 aliphatic rings. The summed E-state index contributed by atoms with van der Waals surface area (Å²) in [5, 5.41) is 1.81. The van der Waals surface area contributed by atoms with Crippen LogP contribution >= 0.6 is 23.2 Å². The summed E-state index contributed by atoms with van der Waals surface area (Å²) >= 11 is 11.6. The van der Waals surface area contributed by atoms with Gasteiger partial charge in [0.15, 0.2) is 0 Å². The average Bonchev–Trinajstić information content (AvgIpc) is 2.64. The Balaban J connectivity index is 1.60. The number of nitrogens with zero attached hydrogens (tertiary/aromatic N) is 2. The second-order valence-electron chi connectivity index (χ2n) is 5.22. The van der Waals surface area contributed by atoms with Gasteiger partial charge in [0.25, 0.3) is 11.8 Å². The van der Waals surface area contributed by atoms with Gasteiger partial charge in [-0.15, -0.1) is 0 Å². The molecule has 6 nitrogen and oxygen atoms in total. The molecule has 2 heterocycles. The second kappa shape index (κ2) is 7.95. The lowest BCUT2D eigenvalue weighted by atomic mass is 10.2. The summed E-state index contributed by atoms with van der Waals surface area (Å²) < 4.78 is 0. The molecule has 0 radical (unpaired) electrons. The van der Waals surface area contributed by atoms with Gasteiger partial charge >= 0.3 is 0 Å². The molecule has 2 amide bonds. The number of benzene rings is 1. The molecule has 0 saturated heterocycles. The smallest absolute Gasteiger partial charge is 0.268 e. The first-order valence-corrected chi connectivity index (χ1v) is 8.23. The van der Waals surface area contributed by atoms with E-state index >= 15 is 0 Å². The third-order valence-electron chi connectivity index (χ3n) is 3.37. The van der Waals surface area contributed by atoms with Gasteiger partial charge in [0.2, 0.25) is 0 Å². The minimum Gasteiger partial charge on any atom is -0.268 e. The Bertz CT molecular complexity index is 1000. The molecule has 0 aliphatic heterocycles. The molecule has 0 bridgehead atoms. The number of carbonyl (C=O) groups excluding carboxylic acids is 2. The summed E-state index contributed by atoms with van der Waals surface area (Å²) in [4.78, 5) is 31.9. The summed E-state index contributed by atoms with van der Waals surface area (Å²) in [6.45, 7) is 0. The highest BCUT2D eigenvalue weighted by Gasteiger charge is 2.06. The molecule has 0 atom stereocenters. The average molecular weight is 387 g/mol. The van der Waals surface area contributed by atoms with E-state index in [1.165, 1.54) is 30.5 Å². The van der Waals surface area contributed by atoms with Crippen molar-refractivity contribution < 1.29 is 9.59 Å². The third kappa shape index (κ3) is 4.56. The van der Waals surface area contributed by atoms with Crippen molar-refractivity contribution in [2.24, 2.45) is 0 Å². The molecule has 0 saturated carbocycles. The van der Waals surface area contributed by atoms with Crippen LogP contribution in [-0.4, -0.2) is 21.8 Å². The van der Waals surface area contributed by atoms with Gasteiger partial charge in [-0.2, -0.15) is 0 Å². The van der Waals surface area contributed by atoms with Crippen LogP contribution < -0.4 is 10.9 Å². The summed E-state index contributed by atoms with van der Waals surface area (Å²) in [6.07, 6.45) is 4.11. The molecule has 3 rings (SSSR count). The normalized spacial score (nSPS) is 10.8. The van der Waals surface area contributed by atoms with E-state index in [0.717, 1.165) is 10.9 Å². The number of rotatable bonds is 3. The van der Waals surface area contributed by atoms with Crippen molar-refractivity contribution in [3.63, 3.8) is 0 Å². The van der Waals surface area contributed by atoms with E-state index < -0.39 is 11.8 Å². The second-order valence-corrected chi connectivity index (χ2v) is 6.04. The van der Waals surface area contributed by atoms with E-state index in [0.29, 0.717) is 10.7 Å². The van der Waals surface area contributed by atoms with Gasteiger partial charge in [-0.3, -0.25) is 20.4 Å². The molecule has 0 aliphatic carbocycles. The fourth-order valence-electron chi connectivity index (χ4n) is 2.10. The SMILES string of the molecule is O=C(/C=C/c1ccc2ccc(Cl)cc2n1)NNC(=O)c1ccc(Cl)nc1. The van der Waals surface area contributed by atoms with Crippen LogP contribution in [0.25, 0.3) is 17.0 Å². The topological polar surface area (TPSA) is 84.0 Å². The third-order valence-corrected chi connectivity index (χ3v) is 3.83. The van der Waals surface area contributed by atoms with Crippen LogP contribution in [0.15, 0.2) is 54.7 Å². The van der Waals surface area contributed by atoms with Gasteiger partial charge in [0, 0.05) is 22.7 Å². The molecule has 2 N–H and O–H groups in total. The fourth-order valence-corrected chi connectivity index (χ4v) is 2.38. The van der Waals surface area contributed by atoms with Crippen molar-refractivity contribution in [1.29, 1.82) is 0 Å². The van der Waals surface area contributed by atoms with E-state index in [-0.39, 0.29) is 10.7 Å². The number of pyridine rings is 2. The van der Waals surface area contributed by atoms with Crippen molar-refractivity contribution in [3.8, 4) is 0 Å². The summed E-state index contributed by atoms with van der Waals surface area (Å²) in [5.74, 6) is -1.01. The molecule has 3 aromatic rings. The molecule has 1 aromatic carbocycles. The Morgan fingerprint density at radius 2 is 1.81 bits per heavy atom. The number of aromatic nitrogens is 2. The molecular formula is C18H12Cl2N4O2. The highest BCUT2D eigenvalue weighted by molar-refractivity contribution is 6.31. The van der Waals surface area contributed by atoms with Crippen LogP contribution in [0.5, 0.6) is 0 Å². The first-order valence-electron chi connectivity index (χ1n) is 7.47. The molecule has 0 spiro atoms. The Labute approximate surface area is 158 Å². The molecule has 8 heteroatoms. The maximum Gasteiger partial charge on any atom is 0.271 e. The Morgan fingerprint density at radius 1 is 1.00 bits per heavy atom. The lowest BCUT2D eigenvalue weighted by Gasteiger charge is -2.05. The Kier molecular flexibility index (Phi) is 5.46. The van der Waals surface area contributed by atoms with E-state index in [1.807, 2.05) is 12.1 Å². The first kappa shape index (κ1) is 17.8. The number of hydrogen-bond acceptors (Lipinski definition) is 4. The summed E-state index contributed by atoms with van der Waals surface area (Å²) in [7, 11) is 0. The lowest BCUT2D eigenvalue weighted by Crippen LogP contribution is -2.40. The van der Waals surface area contributed by atoms with Gasteiger partial charge in [-0.05, 0) is 36.4 Å². The van der Waals surface area contributed by atoms with Crippen molar-refractivity contribution in [2.45, 2.75) is 0 Å². The van der Waals surface area contributed by atoms with Gasteiger partial charge < -0.3 is 0 Å². The minimum absolute atomic E-state index is 0.270. The molecule has 0 fully saturated rings. The largest absolute Gasteiger partial charge is 0.271 e. The van der Waals surface area contributed by atoms with Crippen LogP contribution in [0.2, 0.25) is 10.2 Å². The highest BCUT2D eigenvalue weighted by atomic mass is 35.5. The minimum atomic E-state index is -0.506. The molecule has 26 heavy (non-hydrogen) atoms. The number of halogens is 2. The molecule has 2 aromatic heterocycles. The molecule has 130 valence electrons. The fraction of sp³-hybridized carbons (Fsp3) is 0. The molecule has 0 unspecified atom stereocenters. The van der Waals surface area contributed by atoms with Crippen molar-refractivity contribution in [1.82, 2.24) is 20.8 Å². The number of hydrazine groups is 1. The predicted molar refractivity (Wildman–Crippen MR) is 101 cm³/mol. The highest BCUT2D eigenvalue weighted by Crippen LogP contribution is 2.18. The van der Waals surface area contributed by atoms with Crippen molar-refractivity contribution >= 4 is 52.0 Å². The lowest BCUT2D eigenvalue weighted by molar-refractivity contribution is -0.117. The van der Waals surface area contributed by atoms with Crippen molar-refractivity contribution in [3.05, 3.63) is 76.2 Å². The van der Waals surface area contributed by atoms with Crippen LogP contribution in [-0.2, 0) is 4.79 Å². The number of nitrogens with one attached hydrogen (secondary N) is 2. The van der Waals surface area contributed by atoms with Crippen LogP contribution in [0.1, 0.15) is 16.1 Å².